The Bertz CT molecular complexity index is 502. The number of hydrogen-bond acceptors (Lipinski definition) is 2. The van der Waals surface area contributed by atoms with Gasteiger partial charge in [0.05, 0.1) is 0 Å². The highest BCUT2D eigenvalue weighted by Crippen LogP contribution is 2.24. The molecule has 0 aliphatic rings. The van der Waals surface area contributed by atoms with E-state index in [4.69, 9.17) is 0 Å². The van der Waals surface area contributed by atoms with Crippen LogP contribution in [-0.4, -0.2) is 23.3 Å². The molecule has 1 aromatic heterocycles. The molecule has 0 aliphatic heterocycles. The molecule has 0 bridgehead atoms. The van der Waals surface area contributed by atoms with Crippen molar-refractivity contribution < 1.29 is 5.11 Å². The first kappa shape index (κ1) is 12.0. The quantitative estimate of drug-likeness (QED) is 0.777. The Labute approximate surface area is 102 Å². The Morgan fingerprint density at radius 1 is 1.29 bits per heavy atom. The minimum Gasteiger partial charge on any atom is -0.508 e. The number of hydrogen-bond donors (Lipinski definition) is 2. The summed E-state index contributed by atoms with van der Waals surface area (Å²) in [6, 6.07) is 7.78. The van der Waals surface area contributed by atoms with Gasteiger partial charge in [-0.2, -0.15) is 0 Å². The van der Waals surface area contributed by atoms with Gasteiger partial charge in [0.25, 0.3) is 0 Å². The lowest BCUT2D eigenvalue weighted by Crippen LogP contribution is -2.10. The first-order chi connectivity index (χ1) is 8.26. The van der Waals surface area contributed by atoms with Crippen LogP contribution in [0.15, 0.2) is 24.3 Å². The van der Waals surface area contributed by atoms with Crippen molar-refractivity contribution in [2.24, 2.45) is 0 Å². The summed E-state index contributed by atoms with van der Waals surface area (Å²) in [6.45, 7) is 4.17. The van der Waals surface area contributed by atoms with Crippen molar-refractivity contribution in [3.05, 3.63) is 30.0 Å². The highest BCUT2D eigenvalue weighted by atomic mass is 16.3. The number of aryl methyl sites for hydroxylation is 2. The number of aromatic hydroxyl groups is 1. The second kappa shape index (κ2) is 5.23. The Hall–Kier alpha value is -1.48. The molecule has 3 nitrogen and oxygen atoms in total. The number of fused-ring (bicyclic) bond motifs is 1. The first-order valence-corrected chi connectivity index (χ1v) is 6.22. The van der Waals surface area contributed by atoms with E-state index in [9.17, 15) is 5.11 Å². The van der Waals surface area contributed by atoms with Gasteiger partial charge in [-0.05, 0) is 57.6 Å². The molecule has 0 fully saturated rings. The number of nitrogens with one attached hydrogen (secondary N) is 1. The van der Waals surface area contributed by atoms with Crippen LogP contribution in [0.1, 0.15) is 19.0 Å². The van der Waals surface area contributed by atoms with E-state index in [2.05, 4.69) is 22.9 Å². The van der Waals surface area contributed by atoms with Gasteiger partial charge in [0.15, 0.2) is 0 Å². The Kier molecular flexibility index (Phi) is 3.69. The molecule has 2 rings (SSSR count). The summed E-state index contributed by atoms with van der Waals surface area (Å²) in [5.74, 6) is 0.340. The number of nitrogens with zero attached hydrogens (tertiary/aromatic N) is 1. The molecule has 92 valence electrons. The molecule has 2 N–H and O–H groups in total. The van der Waals surface area contributed by atoms with Crippen LogP contribution in [0.5, 0.6) is 5.75 Å². The fourth-order valence-electron chi connectivity index (χ4n) is 2.34. The van der Waals surface area contributed by atoms with Crippen LogP contribution in [0.3, 0.4) is 0 Å². The van der Waals surface area contributed by atoms with Gasteiger partial charge in [0, 0.05) is 23.1 Å². The van der Waals surface area contributed by atoms with E-state index in [1.165, 1.54) is 11.2 Å². The fourth-order valence-corrected chi connectivity index (χ4v) is 2.34. The summed E-state index contributed by atoms with van der Waals surface area (Å²) in [5.41, 5.74) is 2.56. The topological polar surface area (TPSA) is 37.2 Å². The average molecular weight is 232 g/mol. The van der Waals surface area contributed by atoms with Gasteiger partial charge in [-0.15, -0.1) is 0 Å². The van der Waals surface area contributed by atoms with Crippen molar-refractivity contribution >= 4 is 10.9 Å². The van der Waals surface area contributed by atoms with E-state index in [-0.39, 0.29) is 0 Å². The third kappa shape index (κ3) is 2.44. The van der Waals surface area contributed by atoms with Crippen LogP contribution in [0.2, 0.25) is 0 Å². The number of phenols is 1. The molecule has 3 heteroatoms. The zero-order valence-electron chi connectivity index (χ0n) is 10.5. The van der Waals surface area contributed by atoms with Gasteiger partial charge in [-0.25, -0.2) is 0 Å². The predicted octanol–water partition coefficient (Wildman–Crippen LogP) is 2.52. The third-order valence-electron chi connectivity index (χ3n) is 3.15. The Morgan fingerprint density at radius 2 is 2.12 bits per heavy atom. The molecule has 0 saturated carbocycles. The molecule has 0 saturated heterocycles. The van der Waals surface area contributed by atoms with Crippen molar-refractivity contribution in [1.29, 1.82) is 0 Å². The lowest BCUT2D eigenvalue weighted by molar-refractivity contribution is 0.476. The second-order valence-corrected chi connectivity index (χ2v) is 4.33. The lowest BCUT2D eigenvalue weighted by atomic mass is 10.2. The van der Waals surface area contributed by atoms with E-state index in [1.807, 2.05) is 19.2 Å². The van der Waals surface area contributed by atoms with Crippen LogP contribution >= 0.6 is 0 Å². The fraction of sp³-hybridized carbons (Fsp3) is 0.429. The molecule has 1 heterocycles. The smallest absolute Gasteiger partial charge is 0.116 e. The van der Waals surface area contributed by atoms with E-state index in [0.29, 0.717) is 5.75 Å². The van der Waals surface area contributed by atoms with E-state index in [1.54, 1.807) is 6.07 Å². The molecule has 1 aromatic carbocycles. The van der Waals surface area contributed by atoms with Crippen LogP contribution in [0, 0.1) is 0 Å². The van der Waals surface area contributed by atoms with E-state index < -0.39 is 0 Å². The molecular formula is C14H20N2O. The zero-order chi connectivity index (χ0) is 12.3. The summed E-state index contributed by atoms with van der Waals surface area (Å²) in [4.78, 5) is 0. The van der Waals surface area contributed by atoms with Crippen molar-refractivity contribution in [3.63, 3.8) is 0 Å². The van der Waals surface area contributed by atoms with Crippen LogP contribution in [0.4, 0.5) is 0 Å². The lowest BCUT2D eigenvalue weighted by Gasteiger charge is -2.07. The number of rotatable bonds is 5. The number of benzene rings is 1. The monoisotopic (exact) mass is 232 g/mol. The van der Waals surface area contributed by atoms with E-state index >= 15 is 0 Å². The molecule has 0 radical (unpaired) electrons. The zero-order valence-corrected chi connectivity index (χ0v) is 10.5. The molecule has 2 aromatic rings. The maximum absolute atomic E-state index is 9.50. The van der Waals surface area contributed by atoms with Gasteiger partial charge in [-0.3, -0.25) is 0 Å². The average Bonchev–Trinajstić information content (AvgIpc) is 2.66. The molecular weight excluding hydrogens is 212 g/mol. The summed E-state index contributed by atoms with van der Waals surface area (Å²) in [7, 11) is 1.98. The second-order valence-electron chi connectivity index (χ2n) is 4.33. The SMILES string of the molecule is CCn1c(CCCNC)cc2cc(O)ccc21. The van der Waals surface area contributed by atoms with Crippen molar-refractivity contribution in [1.82, 2.24) is 9.88 Å². The molecule has 0 atom stereocenters. The van der Waals surface area contributed by atoms with Gasteiger partial charge in [0.2, 0.25) is 0 Å². The number of aromatic nitrogens is 1. The van der Waals surface area contributed by atoms with Crippen LogP contribution in [-0.2, 0) is 13.0 Å². The van der Waals surface area contributed by atoms with Gasteiger partial charge >= 0.3 is 0 Å². The largest absolute Gasteiger partial charge is 0.508 e. The van der Waals surface area contributed by atoms with Crippen molar-refractivity contribution in [2.75, 3.05) is 13.6 Å². The molecule has 0 amide bonds. The van der Waals surface area contributed by atoms with Crippen LogP contribution < -0.4 is 5.32 Å². The highest BCUT2D eigenvalue weighted by Gasteiger charge is 2.07. The predicted molar refractivity (Wildman–Crippen MR) is 71.5 cm³/mol. The van der Waals surface area contributed by atoms with Gasteiger partial charge < -0.3 is 15.0 Å². The third-order valence-corrected chi connectivity index (χ3v) is 3.15. The maximum Gasteiger partial charge on any atom is 0.116 e. The molecule has 0 aliphatic carbocycles. The normalized spacial score (nSPS) is 11.2. The minimum atomic E-state index is 0.340. The van der Waals surface area contributed by atoms with Crippen molar-refractivity contribution in [3.8, 4) is 5.75 Å². The summed E-state index contributed by atoms with van der Waals surface area (Å²) in [6.07, 6.45) is 2.21. The number of phenolic OH excluding ortho intramolecular Hbond substituents is 1. The molecule has 0 unspecified atom stereocenters. The summed E-state index contributed by atoms with van der Waals surface area (Å²) in [5, 5.41) is 13.8. The van der Waals surface area contributed by atoms with Crippen LogP contribution in [0.25, 0.3) is 10.9 Å². The Balaban J connectivity index is 2.34. The molecule has 0 spiro atoms. The van der Waals surface area contributed by atoms with Gasteiger partial charge in [-0.1, -0.05) is 0 Å². The van der Waals surface area contributed by atoms with Crippen molar-refractivity contribution in [2.45, 2.75) is 26.3 Å². The summed E-state index contributed by atoms with van der Waals surface area (Å²) < 4.78 is 2.32. The van der Waals surface area contributed by atoms with E-state index in [0.717, 1.165) is 31.3 Å². The highest BCUT2D eigenvalue weighted by molar-refractivity contribution is 5.82. The first-order valence-electron chi connectivity index (χ1n) is 6.22. The maximum atomic E-state index is 9.50. The Morgan fingerprint density at radius 3 is 2.82 bits per heavy atom. The minimum absolute atomic E-state index is 0.340. The summed E-state index contributed by atoms with van der Waals surface area (Å²) >= 11 is 0. The van der Waals surface area contributed by atoms with Gasteiger partial charge in [0.1, 0.15) is 5.75 Å². The standard InChI is InChI=1S/C14H20N2O/c1-3-16-12(5-4-8-15-2)9-11-10-13(17)6-7-14(11)16/h6-7,9-10,15,17H,3-5,8H2,1-2H3. The molecule has 17 heavy (non-hydrogen) atoms.